The van der Waals surface area contributed by atoms with Crippen LogP contribution in [0.2, 0.25) is 0 Å². The summed E-state index contributed by atoms with van der Waals surface area (Å²) in [6, 6.07) is 12.9. The molecular weight excluding hydrogens is 332 g/mol. The molecule has 0 saturated heterocycles. The molecule has 26 heavy (non-hydrogen) atoms. The Morgan fingerprint density at radius 1 is 1.15 bits per heavy atom. The summed E-state index contributed by atoms with van der Waals surface area (Å²) in [5.41, 5.74) is 1.93. The highest BCUT2D eigenvalue weighted by Gasteiger charge is 2.12. The van der Waals surface area contributed by atoms with Gasteiger partial charge in [0.25, 0.3) is 5.91 Å². The lowest BCUT2D eigenvalue weighted by Gasteiger charge is -2.09. The molecule has 0 aliphatic carbocycles. The summed E-state index contributed by atoms with van der Waals surface area (Å²) in [6.07, 6.45) is 6.48. The van der Waals surface area contributed by atoms with Gasteiger partial charge >= 0.3 is 0 Å². The fourth-order valence-corrected chi connectivity index (χ4v) is 2.58. The maximum absolute atomic E-state index is 12.5. The summed E-state index contributed by atoms with van der Waals surface area (Å²) >= 11 is 0. The van der Waals surface area contributed by atoms with E-state index in [9.17, 15) is 4.79 Å². The van der Waals surface area contributed by atoms with Crippen LogP contribution in [0.3, 0.4) is 0 Å². The Balaban J connectivity index is 1.42. The summed E-state index contributed by atoms with van der Waals surface area (Å²) in [4.78, 5) is 16.4. The van der Waals surface area contributed by atoms with Gasteiger partial charge in [0.2, 0.25) is 0 Å². The van der Waals surface area contributed by atoms with Crippen LogP contribution in [0.15, 0.2) is 67.5 Å². The lowest BCUT2D eigenvalue weighted by Crippen LogP contribution is -2.12. The number of anilines is 1. The third kappa shape index (κ3) is 3.39. The second kappa shape index (κ2) is 7.06. The van der Waals surface area contributed by atoms with Crippen LogP contribution < -0.4 is 10.1 Å². The number of ether oxygens (including phenoxy) is 1. The number of pyridine rings is 1. The van der Waals surface area contributed by atoms with Gasteiger partial charge in [-0.05, 0) is 24.3 Å². The Morgan fingerprint density at radius 2 is 2.12 bits per heavy atom. The van der Waals surface area contributed by atoms with Crippen molar-refractivity contribution in [1.29, 1.82) is 0 Å². The summed E-state index contributed by atoms with van der Waals surface area (Å²) in [7, 11) is 0. The number of nitrogens with zero attached hydrogens (tertiary/aromatic N) is 5. The smallest absolute Gasteiger partial charge is 0.259 e. The average molecular weight is 348 g/mol. The first-order valence-electron chi connectivity index (χ1n) is 8.08. The van der Waals surface area contributed by atoms with Gasteiger partial charge in [0.15, 0.2) is 0 Å². The van der Waals surface area contributed by atoms with Crippen LogP contribution >= 0.6 is 0 Å². The molecule has 130 valence electrons. The lowest BCUT2D eigenvalue weighted by atomic mass is 10.2. The number of carbonyl (C=O) groups is 1. The minimum atomic E-state index is -0.217. The summed E-state index contributed by atoms with van der Waals surface area (Å²) < 4.78 is 9.06. The maximum Gasteiger partial charge on any atom is 0.259 e. The van der Waals surface area contributed by atoms with Crippen molar-refractivity contribution in [3.8, 4) is 5.75 Å². The number of benzene rings is 1. The van der Waals surface area contributed by atoms with E-state index in [0.717, 1.165) is 5.52 Å². The highest BCUT2D eigenvalue weighted by Crippen LogP contribution is 2.19. The third-order valence-electron chi connectivity index (χ3n) is 3.82. The number of hydrogen-bond donors (Lipinski definition) is 1. The van der Waals surface area contributed by atoms with Crippen molar-refractivity contribution < 1.29 is 9.53 Å². The van der Waals surface area contributed by atoms with Crippen molar-refractivity contribution >= 4 is 17.1 Å². The predicted molar refractivity (Wildman–Crippen MR) is 95.1 cm³/mol. The fourth-order valence-electron chi connectivity index (χ4n) is 2.58. The molecule has 1 aromatic carbocycles. The molecule has 0 fully saturated rings. The highest BCUT2D eigenvalue weighted by atomic mass is 16.5. The number of hydrogen-bond acceptors (Lipinski definition) is 5. The van der Waals surface area contributed by atoms with Crippen molar-refractivity contribution in [1.82, 2.24) is 24.4 Å². The number of carbonyl (C=O) groups excluding carboxylic acids is 1. The molecule has 1 N–H and O–H groups in total. The van der Waals surface area contributed by atoms with Crippen LogP contribution in [0.5, 0.6) is 5.75 Å². The van der Waals surface area contributed by atoms with Crippen molar-refractivity contribution in [3.05, 3.63) is 73.1 Å². The number of fused-ring (bicyclic) bond motifs is 1. The Hall–Kier alpha value is -3.68. The topological polar surface area (TPSA) is 86.3 Å². The Kier molecular flexibility index (Phi) is 4.29. The molecule has 3 heterocycles. The molecule has 8 nitrogen and oxygen atoms in total. The van der Waals surface area contributed by atoms with E-state index in [1.807, 2.05) is 36.4 Å². The normalized spacial score (nSPS) is 10.8. The zero-order valence-corrected chi connectivity index (χ0v) is 13.8. The number of amides is 1. The van der Waals surface area contributed by atoms with E-state index in [0.29, 0.717) is 30.2 Å². The Labute approximate surface area is 149 Å². The quantitative estimate of drug-likeness (QED) is 0.578. The van der Waals surface area contributed by atoms with Crippen molar-refractivity contribution in [2.75, 3.05) is 11.9 Å². The van der Waals surface area contributed by atoms with E-state index in [-0.39, 0.29) is 5.91 Å². The number of nitrogens with one attached hydrogen (secondary N) is 1. The van der Waals surface area contributed by atoms with E-state index < -0.39 is 0 Å². The molecule has 0 unspecified atom stereocenters. The predicted octanol–water partition coefficient (Wildman–Crippen LogP) is 2.26. The summed E-state index contributed by atoms with van der Waals surface area (Å²) in [5, 5.41) is 11.1. The zero-order valence-electron chi connectivity index (χ0n) is 13.8. The first kappa shape index (κ1) is 15.8. The van der Waals surface area contributed by atoms with Gasteiger partial charge in [-0.25, -0.2) is 14.2 Å². The van der Waals surface area contributed by atoms with E-state index in [2.05, 4.69) is 20.5 Å². The van der Waals surface area contributed by atoms with E-state index >= 15 is 0 Å². The van der Waals surface area contributed by atoms with Crippen LogP contribution in [-0.4, -0.2) is 36.9 Å². The van der Waals surface area contributed by atoms with Crippen molar-refractivity contribution in [3.63, 3.8) is 0 Å². The largest absolute Gasteiger partial charge is 0.492 e. The molecule has 4 aromatic rings. The van der Waals surface area contributed by atoms with Gasteiger partial charge in [0.1, 0.15) is 25.0 Å². The first-order chi connectivity index (χ1) is 12.8. The molecule has 0 bridgehead atoms. The van der Waals surface area contributed by atoms with Crippen molar-refractivity contribution in [2.24, 2.45) is 0 Å². The van der Waals surface area contributed by atoms with Crippen LogP contribution in [0, 0.1) is 0 Å². The average Bonchev–Trinajstić information content (AvgIpc) is 3.31. The van der Waals surface area contributed by atoms with Gasteiger partial charge in [-0.2, -0.15) is 10.2 Å². The molecule has 1 amide bonds. The highest BCUT2D eigenvalue weighted by molar-refractivity contribution is 6.08. The van der Waals surface area contributed by atoms with Crippen LogP contribution in [0.1, 0.15) is 10.4 Å². The molecule has 4 rings (SSSR count). The Morgan fingerprint density at radius 3 is 3.00 bits per heavy atom. The van der Waals surface area contributed by atoms with Crippen LogP contribution in [0.25, 0.3) is 5.52 Å². The van der Waals surface area contributed by atoms with E-state index in [1.165, 1.54) is 6.33 Å². The molecule has 0 aliphatic rings. The van der Waals surface area contributed by atoms with Gasteiger partial charge in [-0.3, -0.25) is 4.79 Å². The maximum atomic E-state index is 12.5. The minimum absolute atomic E-state index is 0.217. The van der Waals surface area contributed by atoms with Crippen LogP contribution in [0.4, 0.5) is 5.69 Å². The molecular formula is C18H16N6O2. The molecule has 0 spiro atoms. The van der Waals surface area contributed by atoms with Gasteiger partial charge in [0.05, 0.1) is 23.8 Å². The summed E-state index contributed by atoms with van der Waals surface area (Å²) in [5.74, 6) is 0.453. The van der Waals surface area contributed by atoms with Gasteiger partial charge in [-0.15, -0.1) is 0 Å². The summed E-state index contributed by atoms with van der Waals surface area (Å²) in [6.45, 7) is 1.05. The molecule has 0 aliphatic heterocycles. The SMILES string of the molecule is O=C(Nc1cccc(OCCn2cncn2)c1)c1cnn2ccccc12. The zero-order chi connectivity index (χ0) is 17.8. The van der Waals surface area contributed by atoms with Gasteiger partial charge < -0.3 is 10.1 Å². The minimum Gasteiger partial charge on any atom is -0.492 e. The standard InChI is InChI=1S/C18H16N6O2/c25-18(16-11-20-24-7-2-1-6-17(16)24)22-14-4-3-5-15(10-14)26-9-8-23-13-19-12-21-23/h1-7,10-13H,8-9H2,(H,22,25). The van der Waals surface area contributed by atoms with Gasteiger partial charge in [-0.1, -0.05) is 12.1 Å². The third-order valence-corrected chi connectivity index (χ3v) is 3.82. The number of rotatable bonds is 6. The second-order valence-electron chi connectivity index (χ2n) is 5.58. The lowest BCUT2D eigenvalue weighted by molar-refractivity contribution is 0.102. The van der Waals surface area contributed by atoms with Crippen molar-refractivity contribution in [2.45, 2.75) is 6.54 Å². The van der Waals surface area contributed by atoms with Crippen LogP contribution in [-0.2, 0) is 6.54 Å². The van der Waals surface area contributed by atoms with E-state index in [1.54, 1.807) is 34.0 Å². The Bertz CT molecular complexity index is 1030. The van der Waals surface area contributed by atoms with E-state index in [4.69, 9.17) is 4.74 Å². The molecule has 0 atom stereocenters. The molecule has 0 radical (unpaired) electrons. The fraction of sp³-hybridized carbons (Fsp3) is 0.111. The molecule has 8 heteroatoms. The second-order valence-corrected chi connectivity index (χ2v) is 5.58. The monoisotopic (exact) mass is 348 g/mol. The van der Waals surface area contributed by atoms with Gasteiger partial charge in [0, 0.05) is 18.0 Å². The number of aromatic nitrogens is 5. The molecule has 3 aromatic heterocycles. The first-order valence-corrected chi connectivity index (χ1v) is 8.08. The molecule has 0 saturated carbocycles.